The molecule has 2 N–H and O–H groups in total. The number of carbonyl (C=O) groups excluding carboxylic acids is 3. The molecule has 0 saturated carbocycles. The average Bonchev–Trinajstić information content (AvgIpc) is 3.37. The molecular formula is C21H21F4N3O6. The zero-order valence-electron chi connectivity index (χ0n) is 17.7. The smallest absolute Gasteiger partial charge is 0.276 e. The number of aliphatic hydroxyl groups excluding tert-OH is 1. The van der Waals surface area contributed by atoms with Gasteiger partial charge in [0, 0.05) is 37.6 Å². The van der Waals surface area contributed by atoms with E-state index in [1.54, 1.807) is 0 Å². The Balaban J connectivity index is 1.56. The van der Waals surface area contributed by atoms with Gasteiger partial charge in [0.2, 0.25) is 17.5 Å². The molecule has 2 heterocycles. The van der Waals surface area contributed by atoms with Crippen molar-refractivity contribution in [2.24, 2.45) is 5.92 Å². The Morgan fingerprint density at radius 3 is 2.44 bits per heavy atom. The summed E-state index contributed by atoms with van der Waals surface area (Å²) in [5.41, 5.74) is 0.142. The molecule has 9 nitrogen and oxygen atoms in total. The fraction of sp³-hybridized carbons (Fsp3) is 0.429. The van der Waals surface area contributed by atoms with Gasteiger partial charge in [0.25, 0.3) is 5.91 Å². The van der Waals surface area contributed by atoms with Crippen LogP contribution < -0.4 is 10.1 Å². The van der Waals surface area contributed by atoms with Crippen LogP contribution in [0.2, 0.25) is 0 Å². The second kappa shape index (κ2) is 11.1. The number of carbonyl (C=O) groups is 3. The van der Waals surface area contributed by atoms with Crippen LogP contribution in [-0.4, -0.2) is 65.1 Å². The molecular weight excluding hydrogens is 466 g/mol. The average molecular weight is 487 g/mol. The largest absolute Gasteiger partial charge is 0.485 e. The molecule has 184 valence electrons. The number of hydrogen-bond donors (Lipinski definition) is 2. The number of aromatic nitrogens is 1. The number of nitrogens with zero attached hydrogens (tertiary/aromatic N) is 2. The number of ether oxygens (including phenoxy) is 1. The van der Waals surface area contributed by atoms with E-state index in [1.807, 2.05) is 0 Å². The Morgan fingerprint density at radius 1 is 1.24 bits per heavy atom. The zero-order valence-corrected chi connectivity index (χ0v) is 17.7. The van der Waals surface area contributed by atoms with Crippen molar-refractivity contribution in [2.75, 3.05) is 19.7 Å². The lowest BCUT2D eigenvalue weighted by atomic mass is 9.94. The minimum atomic E-state index is -1.78. The summed E-state index contributed by atoms with van der Waals surface area (Å²) in [4.78, 5) is 37.4. The van der Waals surface area contributed by atoms with Crippen LogP contribution in [0.3, 0.4) is 0 Å². The lowest BCUT2D eigenvalue weighted by molar-refractivity contribution is -0.128. The second-order valence-electron chi connectivity index (χ2n) is 7.64. The highest BCUT2D eigenvalue weighted by molar-refractivity contribution is 5.92. The van der Waals surface area contributed by atoms with Gasteiger partial charge in [-0.25, -0.2) is 8.78 Å². The molecule has 1 aromatic carbocycles. The molecule has 0 spiro atoms. The first-order chi connectivity index (χ1) is 16.2. The van der Waals surface area contributed by atoms with Crippen LogP contribution in [-0.2, 0) is 9.59 Å². The van der Waals surface area contributed by atoms with Gasteiger partial charge in [-0.3, -0.25) is 9.59 Å². The number of piperidine rings is 1. The molecule has 1 aliphatic heterocycles. The number of aliphatic hydroxyl groups is 1. The SMILES string of the molecule is O=CCC(NC(=O)C1CCN(C(=O)c2ccon2)CC1)C(O)COc1c(F)c(F)cc(F)c1F. The maximum atomic E-state index is 13.7. The van der Waals surface area contributed by atoms with Crippen molar-refractivity contribution in [1.29, 1.82) is 0 Å². The topological polar surface area (TPSA) is 122 Å². The molecule has 0 radical (unpaired) electrons. The zero-order chi connectivity index (χ0) is 24.8. The van der Waals surface area contributed by atoms with Crippen LogP contribution in [0.1, 0.15) is 29.8 Å². The highest BCUT2D eigenvalue weighted by Gasteiger charge is 2.31. The molecule has 34 heavy (non-hydrogen) atoms. The lowest BCUT2D eigenvalue weighted by Crippen LogP contribution is -2.50. The number of halogens is 4. The van der Waals surface area contributed by atoms with Crippen molar-refractivity contribution in [3.8, 4) is 5.75 Å². The number of rotatable bonds is 9. The van der Waals surface area contributed by atoms with Crippen LogP contribution in [0.15, 0.2) is 22.9 Å². The van der Waals surface area contributed by atoms with Gasteiger partial charge in [-0.15, -0.1) is 0 Å². The first-order valence-corrected chi connectivity index (χ1v) is 10.3. The number of amides is 2. The van der Waals surface area contributed by atoms with E-state index in [9.17, 15) is 37.1 Å². The number of benzene rings is 1. The van der Waals surface area contributed by atoms with Crippen LogP contribution in [0.5, 0.6) is 5.75 Å². The van der Waals surface area contributed by atoms with E-state index in [0.29, 0.717) is 19.1 Å². The van der Waals surface area contributed by atoms with Gasteiger partial charge in [-0.1, -0.05) is 5.16 Å². The molecule has 3 rings (SSSR count). The highest BCUT2D eigenvalue weighted by atomic mass is 19.2. The van der Waals surface area contributed by atoms with Gasteiger partial charge < -0.3 is 29.4 Å². The third kappa shape index (κ3) is 5.71. The Kier molecular flexibility index (Phi) is 8.21. The molecule has 0 bridgehead atoms. The van der Waals surface area contributed by atoms with Crippen molar-refractivity contribution in [3.05, 3.63) is 47.4 Å². The molecule has 1 aromatic heterocycles. The summed E-state index contributed by atoms with van der Waals surface area (Å²) in [5, 5.41) is 16.3. The summed E-state index contributed by atoms with van der Waals surface area (Å²) >= 11 is 0. The van der Waals surface area contributed by atoms with E-state index in [4.69, 9.17) is 4.74 Å². The third-order valence-corrected chi connectivity index (χ3v) is 5.42. The Labute approximate surface area is 190 Å². The van der Waals surface area contributed by atoms with Crippen molar-refractivity contribution in [2.45, 2.75) is 31.4 Å². The summed E-state index contributed by atoms with van der Waals surface area (Å²) < 4.78 is 63.4. The van der Waals surface area contributed by atoms with Gasteiger partial charge in [0.1, 0.15) is 25.3 Å². The van der Waals surface area contributed by atoms with Crippen LogP contribution in [0.25, 0.3) is 0 Å². The standard InChI is InChI=1S/C21H21F4N3O6/c22-12-9-13(23)18(25)19(17(12)24)33-10-16(30)14(3-7-29)26-20(31)11-1-5-28(6-2-11)21(32)15-4-8-34-27-15/h4,7-9,11,14,16,30H,1-3,5-6,10H2,(H,26,31). The molecule has 1 fully saturated rings. The minimum absolute atomic E-state index is 0.00787. The number of likely N-dealkylation sites (tertiary alicyclic amines) is 1. The van der Waals surface area contributed by atoms with E-state index in [-0.39, 0.29) is 37.2 Å². The highest BCUT2D eigenvalue weighted by Crippen LogP contribution is 2.27. The predicted molar refractivity (Wildman–Crippen MR) is 106 cm³/mol. The van der Waals surface area contributed by atoms with Crippen molar-refractivity contribution in [1.82, 2.24) is 15.4 Å². The maximum absolute atomic E-state index is 13.7. The molecule has 2 atom stereocenters. The summed E-state index contributed by atoms with van der Waals surface area (Å²) in [7, 11) is 0. The monoisotopic (exact) mass is 487 g/mol. The first-order valence-electron chi connectivity index (χ1n) is 10.3. The van der Waals surface area contributed by atoms with Gasteiger partial charge in [0.05, 0.1) is 6.04 Å². The first kappa shape index (κ1) is 25.1. The quantitative estimate of drug-likeness (QED) is 0.313. The molecule has 0 aliphatic carbocycles. The van der Waals surface area contributed by atoms with Crippen LogP contribution in [0, 0.1) is 29.2 Å². The molecule has 2 amide bonds. The normalized spacial score (nSPS) is 16.1. The Morgan fingerprint density at radius 2 is 1.88 bits per heavy atom. The van der Waals surface area contributed by atoms with Gasteiger partial charge >= 0.3 is 0 Å². The minimum Gasteiger partial charge on any atom is -0.485 e. The third-order valence-electron chi connectivity index (χ3n) is 5.42. The summed E-state index contributed by atoms with van der Waals surface area (Å²) in [6, 6.07) is 0.239. The number of aldehydes is 1. The summed E-state index contributed by atoms with van der Waals surface area (Å²) in [6.45, 7) is -0.338. The van der Waals surface area contributed by atoms with Crippen LogP contribution >= 0.6 is 0 Å². The summed E-state index contributed by atoms with van der Waals surface area (Å²) in [6.07, 6.45) is 0.291. The van der Waals surface area contributed by atoms with E-state index in [0.717, 1.165) is 0 Å². The molecule has 1 saturated heterocycles. The van der Waals surface area contributed by atoms with E-state index in [1.165, 1.54) is 17.2 Å². The van der Waals surface area contributed by atoms with E-state index in [2.05, 4.69) is 15.0 Å². The molecule has 13 heteroatoms. The van der Waals surface area contributed by atoms with Crippen molar-refractivity contribution < 1.29 is 46.3 Å². The molecule has 2 aromatic rings. The molecule has 1 aliphatic rings. The predicted octanol–water partition coefficient (Wildman–Crippen LogP) is 1.60. The Hall–Kier alpha value is -3.48. The fourth-order valence-corrected chi connectivity index (χ4v) is 3.51. The number of nitrogens with one attached hydrogen (secondary N) is 1. The van der Waals surface area contributed by atoms with Crippen molar-refractivity contribution >= 4 is 18.1 Å². The maximum Gasteiger partial charge on any atom is 0.276 e. The second-order valence-corrected chi connectivity index (χ2v) is 7.64. The van der Waals surface area contributed by atoms with Crippen molar-refractivity contribution in [3.63, 3.8) is 0 Å². The van der Waals surface area contributed by atoms with E-state index < -0.39 is 59.6 Å². The van der Waals surface area contributed by atoms with E-state index >= 15 is 0 Å². The number of hydrogen-bond acceptors (Lipinski definition) is 7. The summed E-state index contributed by atoms with van der Waals surface area (Å²) in [5.74, 6) is -9.68. The van der Waals surface area contributed by atoms with Gasteiger partial charge in [-0.05, 0) is 12.8 Å². The Bertz CT molecular complexity index is 1000. The fourth-order valence-electron chi connectivity index (χ4n) is 3.51. The van der Waals surface area contributed by atoms with Gasteiger partial charge in [0.15, 0.2) is 23.1 Å². The molecule has 2 unspecified atom stereocenters. The van der Waals surface area contributed by atoms with Crippen LogP contribution in [0.4, 0.5) is 17.6 Å². The van der Waals surface area contributed by atoms with Gasteiger partial charge in [-0.2, -0.15) is 8.78 Å². The lowest BCUT2D eigenvalue weighted by Gasteiger charge is -2.32.